The number of anilines is 1. The van der Waals surface area contributed by atoms with E-state index < -0.39 is 11.7 Å². The van der Waals surface area contributed by atoms with Crippen molar-refractivity contribution in [3.05, 3.63) is 58.9 Å². The molecule has 0 radical (unpaired) electrons. The van der Waals surface area contributed by atoms with Gasteiger partial charge in [-0.05, 0) is 36.2 Å². The number of hydrogen-bond acceptors (Lipinski definition) is 3. The minimum Gasteiger partial charge on any atom is -0.495 e. The van der Waals surface area contributed by atoms with Crippen LogP contribution in [-0.4, -0.2) is 18.8 Å². The molecule has 0 aromatic heterocycles. The highest BCUT2D eigenvalue weighted by molar-refractivity contribution is 6.52. The first-order valence-corrected chi connectivity index (χ1v) is 6.81. The van der Waals surface area contributed by atoms with Crippen LogP contribution < -0.4 is 9.64 Å². The van der Waals surface area contributed by atoms with Crippen LogP contribution in [0.15, 0.2) is 36.4 Å². The summed E-state index contributed by atoms with van der Waals surface area (Å²) in [7, 11) is 1.49. The Balaban J connectivity index is 2.07. The first kappa shape index (κ1) is 14.3. The van der Waals surface area contributed by atoms with E-state index in [0.717, 1.165) is 11.1 Å². The number of ether oxygens (including phenoxy) is 1. The zero-order chi connectivity index (χ0) is 15.9. The number of fused-ring (bicyclic) bond motifs is 1. The van der Waals surface area contributed by atoms with Gasteiger partial charge in [-0.15, -0.1) is 0 Å². The van der Waals surface area contributed by atoms with Crippen molar-refractivity contribution >= 4 is 17.4 Å². The molecule has 0 unspecified atom stereocenters. The molecule has 0 spiro atoms. The number of aryl methyl sites for hydroxylation is 1. The van der Waals surface area contributed by atoms with Gasteiger partial charge in [0.25, 0.3) is 11.7 Å². The Morgan fingerprint density at radius 3 is 2.41 bits per heavy atom. The fraction of sp³-hybridized carbons (Fsp3) is 0.176. The third kappa shape index (κ3) is 2.15. The fourth-order valence-corrected chi connectivity index (χ4v) is 2.65. The van der Waals surface area contributed by atoms with E-state index in [-0.39, 0.29) is 12.4 Å². The van der Waals surface area contributed by atoms with Gasteiger partial charge < -0.3 is 4.74 Å². The largest absolute Gasteiger partial charge is 0.495 e. The van der Waals surface area contributed by atoms with Crippen molar-refractivity contribution in [2.24, 2.45) is 0 Å². The van der Waals surface area contributed by atoms with Gasteiger partial charge >= 0.3 is 0 Å². The molecule has 0 aliphatic carbocycles. The zero-order valence-electron chi connectivity index (χ0n) is 12.2. The van der Waals surface area contributed by atoms with E-state index >= 15 is 0 Å². The van der Waals surface area contributed by atoms with Crippen LogP contribution >= 0.6 is 0 Å². The number of rotatable bonds is 3. The highest BCUT2D eigenvalue weighted by atomic mass is 19.1. The quantitative estimate of drug-likeness (QED) is 0.819. The third-order valence-electron chi connectivity index (χ3n) is 3.76. The molecule has 0 N–H and O–H groups in total. The van der Waals surface area contributed by atoms with E-state index in [1.165, 1.54) is 24.1 Å². The Hall–Kier alpha value is -2.69. The van der Waals surface area contributed by atoms with Gasteiger partial charge in [-0.2, -0.15) is 0 Å². The van der Waals surface area contributed by atoms with Gasteiger partial charge in [-0.3, -0.25) is 14.5 Å². The molecule has 0 fully saturated rings. The lowest BCUT2D eigenvalue weighted by Gasteiger charge is -2.19. The summed E-state index contributed by atoms with van der Waals surface area (Å²) in [6.45, 7) is 1.97. The predicted molar refractivity (Wildman–Crippen MR) is 79.7 cm³/mol. The Morgan fingerprint density at radius 2 is 1.77 bits per heavy atom. The number of ketones is 1. The van der Waals surface area contributed by atoms with Crippen LogP contribution in [0.4, 0.5) is 10.1 Å². The second kappa shape index (κ2) is 5.26. The van der Waals surface area contributed by atoms with Gasteiger partial charge in [0, 0.05) is 0 Å². The molecule has 1 amide bonds. The highest BCUT2D eigenvalue weighted by Crippen LogP contribution is 2.40. The first-order chi connectivity index (χ1) is 10.5. The van der Waals surface area contributed by atoms with Crippen molar-refractivity contribution in [2.45, 2.75) is 13.5 Å². The average Bonchev–Trinajstić information content (AvgIpc) is 2.76. The molecule has 0 bridgehead atoms. The molecular formula is C17H14FNO3. The summed E-state index contributed by atoms with van der Waals surface area (Å²) in [6.07, 6.45) is 0. The molecule has 2 aromatic rings. The molecule has 0 atom stereocenters. The standard InChI is InChI=1S/C17H14FNO3/c1-10-3-8-13(22-2)15-14(10)16(20)17(21)19(15)9-11-4-6-12(18)7-5-11/h3-8H,9H2,1-2H3. The van der Waals surface area contributed by atoms with Crippen LogP contribution in [0, 0.1) is 12.7 Å². The van der Waals surface area contributed by atoms with Crippen LogP contribution in [0.25, 0.3) is 0 Å². The minimum atomic E-state index is -0.591. The number of benzene rings is 2. The number of amides is 1. The molecule has 1 aliphatic heterocycles. The van der Waals surface area contributed by atoms with Crippen molar-refractivity contribution in [1.29, 1.82) is 0 Å². The Labute approximate surface area is 127 Å². The summed E-state index contributed by atoms with van der Waals surface area (Å²) in [5.74, 6) is -0.997. The summed E-state index contributed by atoms with van der Waals surface area (Å²) in [5, 5.41) is 0. The van der Waals surface area contributed by atoms with E-state index in [4.69, 9.17) is 4.74 Å². The Morgan fingerprint density at radius 1 is 1.09 bits per heavy atom. The van der Waals surface area contributed by atoms with Crippen molar-refractivity contribution in [3.8, 4) is 5.75 Å². The summed E-state index contributed by atoms with van der Waals surface area (Å²) in [5.41, 5.74) is 2.34. The second-order valence-electron chi connectivity index (χ2n) is 5.16. The van der Waals surface area contributed by atoms with Gasteiger partial charge in [0.05, 0.1) is 24.9 Å². The van der Waals surface area contributed by atoms with Crippen molar-refractivity contribution < 1.29 is 18.7 Å². The molecule has 0 saturated carbocycles. The maximum atomic E-state index is 13.0. The molecule has 5 heteroatoms. The molecule has 1 aliphatic rings. The second-order valence-corrected chi connectivity index (χ2v) is 5.16. The number of Topliss-reactive ketones (excluding diaryl/α,β-unsaturated/α-hetero) is 1. The topological polar surface area (TPSA) is 46.6 Å². The molecule has 2 aromatic carbocycles. The molecule has 112 valence electrons. The maximum absolute atomic E-state index is 13.0. The molecule has 4 nitrogen and oxygen atoms in total. The smallest absolute Gasteiger partial charge is 0.299 e. The van der Waals surface area contributed by atoms with Gasteiger partial charge in [0.2, 0.25) is 0 Å². The van der Waals surface area contributed by atoms with E-state index in [2.05, 4.69) is 0 Å². The third-order valence-corrected chi connectivity index (χ3v) is 3.76. The fourth-order valence-electron chi connectivity index (χ4n) is 2.65. The summed E-state index contributed by atoms with van der Waals surface area (Å²) < 4.78 is 18.3. The number of carbonyl (C=O) groups is 2. The van der Waals surface area contributed by atoms with Crippen LogP contribution in [0.2, 0.25) is 0 Å². The number of methoxy groups -OCH3 is 1. The molecular weight excluding hydrogens is 285 g/mol. The summed E-state index contributed by atoms with van der Waals surface area (Å²) >= 11 is 0. The molecule has 3 rings (SSSR count). The molecule has 1 heterocycles. The lowest BCUT2D eigenvalue weighted by Crippen LogP contribution is -2.29. The Bertz CT molecular complexity index is 768. The predicted octanol–water partition coefficient (Wildman–Crippen LogP) is 2.87. The minimum absolute atomic E-state index is 0.192. The van der Waals surface area contributed by atoms with Crippen molar-refractivity contribution in [3.63, 3.8) is 0 Å². The number of carbonyl (C=O) groups excluding carboxylic acids is 2. The monoisotopic (exact) mass is 299 g/mol. The number of hydrogen-bond donors (Lipinski definition) is 0. The average molecular weight is 299 g/mol. The van der Waals surface area contributed by atoms with Gasteiger partial charge in [0.15, 0.2) is 0 Å². The summed E-state index contributed by atoms with van der Waals surface area (Å²) in [6, 6.07) is 9.32. The Kier molecular flexibility index (Phi) is 3.41. The van der Waals surface area contributed by atoms with E-state index in [0.29, 0.717) is 17.0 Å². The number of halogens is 1. The van der Waals surface area contributed by atoms with Crippen molar-refractivity contribution in [2.75, 3.05) is 12.0 Å². The lowest BCUT2D eigenvalue weighted by atomic mass is 10.0. The van der Waals surface area contributed by atoms with Gasteiger partial charge in [-0.1, -0.05) is 18.2 Å². The van der Waals surface area contributed by atoms with Crippen molar-refractivity contribution in [1.82, 2.24) is 0 Å². The van der Waals surface area contributed by atoms with E-state index in [1.807, 2.05) is 0 Å². The lowest BCUT2D eigenvalue weighted by molar-refractivity contribution is -0.114. The van der Waals surface area contributed by atoms with Crippen LogP contribution in [0.5, 0.6) is 5.75 Å². The normalized spacial score (nSPS) is 13.5. The van der Waals surface area contributed by atoms with Gasteiger partial charge in [0.1, 0.15) is 11.6 Å². The van der Waals surface area contributed by atoms with Crippen LogP contribution in [0.1, 0.15) is 21.5 Å². The maximum Gasteiger partial charge on any atom is 0.299 e. The molecule has 22 heavy (non-hydrogen) atoms. The first-order valence-electron chi connectivity index (χ1n) is 6.81. The van der Waals surface area contributed by atoms with E-state index in [1.54, 1.807) is 31.2 Å². The zero-order valence-corrected chi connectivity index (χ0v) is 12.2. The SMILES string of the molecule is COc1ccc(C)c2c1N(Cc1ccc(F)cc1)C(=O)C2=O. The summed E-state index contributed by atoms with van der Waals surface area (Å²) in [4.78, 5) is 25.9. The van der Waals surface area contributed by atoms with Gasteiger partial charge in [-0.25, -0.2) is 4.39 Å². The van der Waals surface area contributed by atoms with Crippen LogP contribution in [-0.2, 0) is 11.3 Å². The van der Waals surface area contributed by atoms with E-state index in [9.17, 15) is 14.0 Å². The molecule has 0 saturated heterocycles. The van der Waals surface area contributed by atoms with Crippen LogP contribution in [0.3, 0.4) is 0 Å². The highest BCUT2D eigenvalue weighted by Gasteiger charge is 2.39. The number of nitrogens with zero attached hydrogens (tertiary/aromatic N) is 1.